The minimum absolute atomic E-state index is 0.206. The molecule has 0 radical (unpaired) electrons. The van der Waals surface area contributed by atoms with Crippen LogP contribution in [0, 0.1) is 12.8 Å². The quantitative estimate of drug-likeness (QED) is 0.689. The number of aromatic nitrogens is 1. The Morgan fingerprint density at radius 2 is 2.38 bits per heavy atom. The molecule has 2 nitrogen and oxygen atoms in total. The Balaban J connectivity index is 2.03. The fourth-order valence-electron chi connectivity index (χ4n) is 1.55. The van der Waals surface area contributed by atoms with Gasteiger partial charge in [0.1, 0.15) is 5.82 Å². The van der Waals surface area contributed by atoms with Gasteiger partial charge >= 0.3 is 0 Å². The van der Waals surface area contributed by atoms with Crippen LogP contribution in [0.25, 0.3) is 0 Å². The van der Waals surface area contributed by atoms with Crippen LogP contribution in [-0.4, -0.2) is 24.7 Å². The number of aryl methyl sites for hydroxylation is 1. The zero-order chi connectivity index (χ0) is 9.26. The standard InChI is InChI=1S/C10H13FN2/c1-8-2-3-12-10(4-8)13-6-9(5-11)7-13/h2-4,9H,5-7H2,1H3. The smallest absolute Gasteiger partial charge is 0.128 e. The number of pyridine rings is 1. The van der Waals surface area contributed by atoms with Crippen molar-refractivity contribution in [1.82, 2.24) is 4.98 Å². The van der Waals surface area contributed by atoms with E-state index in [-0.39, 0.29) is 12.6 Å². The molecule has 3 heteroatoms. The first-order valence-electron chi connectivity index (χ1n) is 4.53. The van der Waals surface area contributed by atoms with E-state index in [9.17, 15) is 4.39 Å². The summed E-state index contributed by atoms with van der Waals surface area (Å²) in [5.74, 6) is 1.20. The van der Waals surface area contributed by atoms with Crippen LogP contribution in [0.15, 0.2) is 18.3 Å². The van der Waals surface area contributed by atoms with Gasteiger partial charge in [0.05, 0.1) is 6.67 Å². The molecule has 1 aliphatic rings. The zero-order valence-corrected chi connectivity index (χ0v) is 7.70. The largest absolute Gasteiger partial charge is 0.356 e. The van der Waals surface area contributed by atoms with Gasteiger partial charge in [0.2, 0.25) is 0 Å². The maximum atomic E-state index is 12.2. The number of alkyl halides is 1. The van der Waals surface area contributed by atoms with Crippen molar-refractivity contribution in [2.45, 2.75) is 6.92 Å². The first kappa shape index (κ1) is 8.48. The van der Waals surface area contributed by atoms with E-state index in [4.69, 9.17) is 0 Å². The summed E-state index contributed by atoms with van der Waals surface area (Å²) in [6.45, 7) is 3.46. The van der Waals surface area contributed by atoms with Gasteiger partial charge in [-0.2, -0.15) is 0 Å². The zero-order valence-electron chi connectivity index (χ0n) is 7.70. The Hall–Kier alpha value is -1.12. The number of hydrogen-bond donors (Lipinski definition) is 0. The normalized spacial score (nSPS) is 17.2. The van der Waals surface area contributed by atoms with Gasteiger partial charge in [-0.15, -0.1) is 0 Å². The molecule has 0 aliphatic carbocycles. The molecule has 2 heterocycles. The fourth-order valence-corrected chi connectivity index (χ4v) is 1.55. The third-order valence-corrected chi connectivity index (χ3v) is 2.40. The number of nitrogens with zero attached hydrogens (tertiary/aromatic N) is 2. The van der Waals surface area contributed by atoms with Crippen LogP contribution in [0.4, 0.5) is 10.2 Å². The minimum atomic E-state index is -0.206. The van der Waals surface area contributed by atoms with Gasteiger partial charge in [0.25, 0.3) is 0 Å². The lowest BCUT2D eigenvalue weighted by Crippen LogP contribution is -2.48. The summed E-state index contributed by atoms with van der Waals surface area (Å²) in [6, 6.07) is 4.00. The van der Waals surface area contributed by atoms with E-state index in [0.29, 0.717) is 0 Å². The van der Waals surface area contributed by atoms with Gasteiger partial charge in [-0.05, 0) is 24.6 Å². The molecule has 0 bridgehead atoms. The van der Waals surface area contributed by atoms with Crippen molar-refractivity contribution in [3.05, 3.63) is 23.9 Å². The number of hydrogen-bond acceptors (Lipinski definition) is 2. The predicted molar refractivity (Wildman–Crippen MR) is 50.7 cm³/mol. The van der Waals surface area contributed by atoms with Crippen molar-refractivity contribution in [3.63, 3.8) is 0 Å². The molecule has 0 atom stereocenters. The van der Waals surface area contributed by atoms with Crippen molar-refractivity contribution in [3.8, 4) is 0 Å². The maximum absolute atomic E-state index is 12.2. The molecule has 1 aromatic heterocycles. The molecular weight excluding hydrogens is 167 g/mol. The average Bonchev–Trinajstić information content (AvgIpc) is 2.02. The van der Waals surface area contributed by atoms with Crippen LogP contribution < -0.4 is 4.90 Å². The number of halogens is 1. The summed E-state index contributed by atoms with van der Waals surface area (Å²) in [7, 11) is 0. The van der Waals surface area contributed by atoms with Crippen LogP contribution in [-0.2, 0) is 0 Å². The molecule has 2 rings (SSSR count). The van der Waals surface area contributed by atoms with E-state index < -0.39 is 0 Å². The van der Waals surface area contributed by atoms with Crippen molar-refractivity contribution >= 4 is 5.82 Å². The van der Waals surface area contributed by atoms with E-state index >= 15 is 0 Å². The van der Waals surface area contributed by atoms with E-state index in [1.807, 2.05) is 19.1 Å². The Bertz CT molecular complexity index is 295. The van der Waals surface area contributed by atoms with Crippen LogP contribution in [0.5, 0.6) is 0 Å². The van der Waals surface area contributed by atoms with Crippen molar-refractivity contribution in [2.75, 3.05) is 24.7 Å². The summed E-state index contributed by atoms with van der Waals surface area (Å²) in [6.07, 6.45) is 1.80. The van der Waals surface area contributed by atoms with E-state index in [0.717, 1.165) is 18.9 Å². The molecule has 0 saturated carbocycles. The second-order valence-electron chi connectivity index (χ2n) is 3.62. The third kappa shape index (κ3) is 1.64. The van der Waals surface area contributed by atoms with Crippen molar-refractivity contribution in [2.24, 2.45) is 5.92 Å². The molecule has 1 aliphatic heterocycles. The number of rotatable bonds is 2. The Morgan fingerprint density at radius 1 is 1.62 bits per heavy atom. The van der Waals surface area contributed by atoms with Gasteiger partial charge in [0.15, 0.2) is 0 Å². The van der Waals surface area contributed by atoms with Gasteiger partial charge in [0, 0.05) is 25.2 Å². The first-order chi connectivity index (χ1) is 6.29. The second-order valence-corrected chi connectivity index (χ2v) is 3.62. The molecule has 0 spiro atoms. The molecule has 0 amide bonds. The van der Waals surface area contributed by atoms with Gasteiger partial charge in [-0.3, -0.25) is 4.39 Å². The third-order valence-electron chi connectivity index (χ3n) is 2.40. The van der Waals surface area contributed by atoms with Crippen LogP contribution in [0.3, 0.4) is 0 Å². The highest BCUT2D eigenvalue weighted by atomic mass is 19.1. The molecule has 1 saturated heterocycles. The highest BCUT2D eigenvalue weighted by Crippen LogP contribution is 2.23. The van der Waals surface area contributed by atoms with Crippen molar-refractivity contribution < 1.29 is 4.39 Å². The maximum Gasteiger partial charge on any atom is 0.128 e. The summed E-state index contributed by atoms with van der Waals surface area (Å²) >= 11 is 0. The summed E-state index contributed by atoms with van der Waals surface area (Å²) in [5.41, 5.74) is 1.20. The molecule has 70 valence electrons. The predicted octanol–water partition coefficient (Wildman–Crippen LogP) is 1.80. The Kier molecular flexibility index (Phi) is 2.17. The molecule has 1 fully saturated rings. The minimum Gasteiger partial charge on any atom is -0.356 e. The van der Waals surface area contributed by atoms with Crippen LogP contribution in [0.2, 0.25) is 0 Å². The lowest BCUT2D eigenvalue weighted by molar-refractivity contribution is 0.305. The first-order valence-corrected chi connectivity index (χ1v) is 4.53. The molecular formula is C10H13FN2. The molecule has 13 heavy (non-hydrogen) atoms. The SMILES string of the molecule is Cc1ccnc(N2CC(CF)C2)c1. The van der Waals surface area contributed by atoms with E-state index in [1.54, 1.807) is 6.20 Å². The summed E-state index contributed by atoms with van der Waals surface area (Å²) < 4.78 is 12.2. The topological polar surface area (TPSA) is 16.1 Å². The van der Waals surface area contributed by atoms with E-state index in [2.05, 4.69) is 9.88 Å². The highest BCUT2D eigenvalue weighted by Gasteiger charge is 2.27. The van der Waals surface area contributed by atoms with Gasteiger partial charge < -0.3 is 4.90 Å². The van der Waals surface area contributed by atoms with Crippen LogP contribution >= 0.6 is 0 Å². The summed E-state index contributed by atoms with van der Waals surface area (Å²) in [4.78, 5) is 6.34. The summed E-state index contributed by atoms with van der Waals surface area (Å²) in [5, 5.41) is 0. The second kappa shape index (κ2) is 3.32. The Labute approximate surface area is 77.4 Å². The molecule has 0 N–H and O–H groups in total. The lowest BCUT2D eigenvalue weighted by atomic mass is 10.0. The fraction of sp³-hybridized carbons (Fsp3) is 0.500. The molecule has 1 aromatic rings. The monoisotopic (exact) mass is 180 g/mol. The Morgan fingerprint density at radius 3 is 3.00 bits per heavy atom. The highest BCUT2D eigenvalue weighted by molar-refractivity contribution is 5.43. The molecule has 0 aromatic carbocycles. The van der Waals surface area contributed by atoms with E-state index in [1.165, 1.54) is 5.56 Å². The number of anilines is 1. The van der Waals surface area contributed by atoms with Crippen molar-refractivity contribution in [1.29, 1.82) is 0 Å². The van der Waals surface area contributed by atoms with Gasteiger partial charge in [-0.1, -0.05) is 0 Å². The van der Waals surface area contributed by atoms with Crippen LogP contribution in [0.1, 0.15) is 5.56 Å². The average molecular weight is 180 g/mol. The lowest BCUT2D eigenvalue weighted by Gasteiger charge is -2.38. The van der Waals surface area contributed by atoms with Gasteiger partial charge in [-0.25, -0.2) is 4.98 Å². The molecule has 0 unspecified atom stereocenters.